The lowest BCUT2D eigenvalue weighted by atomic mass is 10.1. The van der Waals surface area contributed by atoms with Crippen molar-refractivity contribution in [3.05, 3.63) is 243 Å². The number of allylic oxidation sites excluding steroid dienone is 40. The van der Waals surface area contributed by atoms with Gasteiger partial charge in [-0.2, -0.15) is 0 Å². The SMILES string of the molecule is CC/C=C\C/C=C\C/C=C\C/C=C\C/C=C\C/C=C\C/C=C\C/C=C\C/C=C\C/C=C\C/C=C\CCCCCC(=O)OC(CO)COC(=O)CCCCC/C=C\C/C=C\C/C=C\C/C=C\C/C=C\C/C=C\C/C=C\C/C=C\C/C=C\CC. The Morgan fingerprint density at radius 1 is 0.280 bits per heavy atom. The van der Waals surface area contributed by atoms with Crippen molar-refractivity contribution < 1.29 is 24.2 Å². The van der Waals surface area contributed by atoms with Crippen LogP contribution in [0.2, 0.25) is 0 Å². The van der Waals surface area contributed by atoms with Gasteiger partial charge in [-0.25, -0.2) is 0 Å². The van der Waals surface area contributed by atoms with Crippen LogP contribution in [0.15, 0.2) is 243 Å². The molecule has 0 saturated carbocycles. The normalized spacial score (nSPS) is 13.9. The van der Waals surface area contributed by atoms with Crippen molar-refractivity contribution in [2.75, 3.05) is 13.2 Å². The van der Waals surface area contributed by atoms with E-state index in [1.165, 1.54) is 0 Å². The summed E-state index contributed by atoms with van der Waals surface area (Å²) in [6, 6.07) is 0. The van der Waals surface area contributed by atoms with Crippen LogP contribution < -0.4 is 0 Å². The van der Waals surface area contributed by atoms with Crippen molar-refractivity contribution in [2.45, 2.75) is 213 Å². The van der Waals surface area contributed by atoms with Gasteiger partial charge in [0.2, 0.25) is 0 Å². The van der Waals surface area contributed by atoms with Crippen LogP contribution in [-0.2, 0) is 19.1 Å². The van der Waals surface area contributed by atoms with E-state index in [0.29, 0.717) is 6.42 Å². The first-order valence-corrected chi connectivity index (χ1v) is 31.6. The van der Waals surface area contributed by atoms with E-state index in [9.17, 15) is 14.7 Å². The number of ether oxygens (including phenoxy) is 2. The highest BCUT2D eigenvalue weighted by Crippen LogP contribution is 2.10. The molecule has 0 aliphatic carbocycles. The van der Waals surface area contributed by atoms with Gasteiger partial charge in [0.1, 0.15) is 6.61 Å². The van der Waals surface area contributed by atoms with E-state index >= 15 is 0 Å². The van der Waals surface area contributed by atoms with E-state index < -0.39 is 6.10 Å². The van der Waals surface area contributed by atoms with Crippen LogP contribution in [0.3, 0.4) is 0 Å². The number of carbonyl (C=O) groups excluding carboxylic acids is 2. The van der Waals surface area contributed by atoms with Gasteiger partial charge in [-0.05, 0) is 167 Å². The standard InChI is InChI=1S/C77H112O5/c1-3-5-7-9-11-13-15-17-19-21-23-25-27-29-31-33-35-36-37-38-39-40-42-44-46-48-50-52-54-56-58-60-62-64-66-68-70-72-77(80)82-75(73-78)74-81-76(79)71-69-67-65-63-61-59-57-55-53-51-49-47-45-43-41-34-32-30-28-26-24-22-20-18-16-14-12-10-8-6-4-2/h5-8,11-14,17-20,23-26,29-32,35-36,38-39,41-44,47-50,53-56,59-62,75,78H,3-4,9-10,15-16,21-22,27-28,33-34,37,40,45-46,51-52,57-58,63-74H2,1-2H3/b7-5-,8-6-,13-11-,14-12-,19-17-,20-18-,25-23-,26-24-,31-29-,32-30-,36-35-,39-38-,43-41-,44-42-,49-47-,50-48-,55-53-,56-54-,61-59-,62-60-. The third kappa shape index (κ3) is 66.2. The Morgan fingerprint density at radius 3 is 0.707 bits per heavy atom. The molecule has 0 aliphatic rings. The molecule has 0 rings (SSSR count). The minimum Gasteiger partial charge on any atom is -0.462 e. The average molecular weight is 1120 g/mol. The van der Waals surface area contributed by atoms with Gasteiger partial charge in [0.15, 0.2) is 6.10 Å². The van der Waals surface area contributed by atoms with Crippen molar-refractivity contribution in [1.29, 1.82) is 0 Å². The fourth-order valence-electron chi connectivity index (χ4n) is 7.49. The zero-order chi connectivity index (χ0) is 59.1. The van der Waals surface area contributed by atoms with Crippen LogP contribution in [0.4, 0.5) is 0 Å². The van der Waals surface area contributed by atoms with Crippen LogP contribution in [0.1, 0.15) is 206 Å². The fourth-order valence-corrected chi connectivity index (χ4v) is 7.49. The molecule has 1 unspecified atom stereocenters. The summed E-state index contributed by atoms with van der Waals surface area (Å²) in [5, 5.41) is 9.67. The highest BCUT2D eigenvalue weighted by molar-refractivity contribution is 5.70. The first-order valence-electron chi connectivity index (χ1n) is 31.6. The lowest BCUT2D eigenvalue weighted by Crippen LogP contribution is -2.28. The fraction of sp³-hybridized carbons (Fsp3) is 0.455. The molecule has 0 amide bonds. The third-order valence-corrected chi connectivity index (χ3v) is 12.1. The van der Waals surface area contributed by atoms with Crippen LogP contribution in [0.25, 0.3) is 0 Å². The average Bonchev–Trinajstić information content (AvgIpc) is 3.49. The van der Waals surface area contributed by atoms with Gasteiger partial charge >= 0.3 is 11.9 Å². The van der Waals surface area contributed by atoms with Gasteiger partial charge in [-0.3, -0.25) is 9.59 Å². The minimum absolute atomic E-state index is 0.116. The largest absolute Gasteiger partial charge is 0.462 e. The number of rotatable bonds is 54. The van der Waals surface area contributed by atoms with E-state index in [0.717, 1.165) is 180 Å². The summed E-state index contributed by atoms with van der Waals surface area (Å²) in [5.74, 6) is -0.691. The Hall–Kier alpha value is -6.30. The molecular formula is C77H112O5. The van der Waals surface area contributed by atoms with Gasteiger partial charge in [0, 0.05) is 12.8 Å². The molecule has 1 N–H and O–H groups in total. The van der Waals surface area contributed by atoms with Crippen molar-refractivity contribution in [3.8, 4) is 0 Å². The number of carbonyl (C=O) groups is 2. The van der Waals surface area contributed by atoms with Crippen LogP contribution in [0, 0.1) is 0 Å². The van der Waals surface area contributed by atoms with Crippen molar-refractivity contribution >= 4 is 11.9 Å². The van der Waals surface area contributed by atoms with Crippen molar-refractivity contribution in [1.82, 2.24) is 0 Å². The molecule has 0 bridgehead atoms. The number of aliphatic hydroxyl groups excluding tert-OH is 1. The highest BCUT2D eigenvalue weighted by Gasteiger charge is 2.16. The predicted octanol–water partition coefficient (Wildman–Crippen LogP) is 22.3. The molecular weight excluding hydrogens is 1000 g/mol. The van der Waals surface area contributed by atoms with Gasteiger partial charge < -0.3 is 14.6 Å². The van der Waals surface area contributed by atoms with Crippen LogP contribution >= 0.6 is 0 Å². The van der Waals surface area contributed by atoms with E-state index in [1.807, 2.05) is 0 Å². The lowest BCUT2D eigenvalue weighted by molar-refractivity contribution is -0.161. The number of esters is 2. The second kappa shape index (κ2) is 69.0. The molecule has 450 valence electrons. The zero-order valence-corrected chi connectivity index (χ0v) is 51.4. The quantitative estimate of drug-likeness (QED) is 0.0373. The first-order chi connectivity index (χ1) is 40.6. The number of unbranched alkanes of at least 4 members (excludes halogenated alkanes) is 6. The van der Waals surface area contributed by atoms with Crippen molar-refractivity contribution in [3.63, 3.8) is 0 Å². The van der Waals surface area contributed by atoms with E-state index in [1.54, 1.807) is 0 Å². The number of hydrogen-bond donors (Lipinski definition) is 1. The van der Waals surface area contributed by atoms with Crippen LogP contribution in [-0.4, -0.2) is 36.4 Å². The molecule has 0 radical (unpaired) electrons. The third-order valence-electron chi connectivity index (χ3n) is 12.1. The Bertz CT molecular complexity index is 2090. The summed E-state index contributed by atoms with van der Waals surface area (Å²) in [5.41, 5.74) is 0. The summed E-state index contributed by atoms with van der Waals surface area (Å²) in [4.78, 5) is 24.6. The van der Waals surface area contributed by atoms with Gasteiger partial charge in [-0.15, -0.1) is 0 Å². The smallest absolute Gasteiger partial charge is 0.306 e. The molecule has 5 heteroatoms. The Balaban J connectivity index is 3.76. The molecule has 0 aromatic heterocycles. The molecule has 0 aromatic carbocycles. The summed E-state index contributed by atoms with van der Waals surface area (Å²) < 4.78 is 10.7. The van der Waals surface area contributed by atoms with E-state index in [4.69, 9.17) is 9.47 Å². The molecule has 0 fully saturated rings. The lowest BCUT2D eigenvalue weighted by Gasteiger charge is -2.15. The highest BCUT2D eigenvalue weighted by atomic mass is 16.6. The maximum absolute atomic E-state index is 12.3. The monoisotopic (exact) mass is 1120 g/mol. The minimum atomic E-state index is -0.827. The van der Waals surface area contributed by atoms with Gasteiger partial charge in [0.25, 0.3) is 0 Å². The van der Waals surface area contributed by atoms with Gasteiger partial charge in [-0.1, -0.05) is 270 Å². The molecule has 5 nitrogen and oxygen atoms in total. The maximum atomic E-state index is 12.3. The second-order valence-corrected chi connectivity index (χ2v) is 19.7. The Labute approximate surface area is 502 Å². The van der Waals surface area contributed by atoms with Crippen molar-refractivity contribution in [2.24, 2.45) is 0 Å². The maximum Gasteiger partial charge on any atom is 0.306 e. The molecule has 1 atom stereocenters. The second-order valence-electron chi connectivity index (χ2n) is 19.7. The zero-order valence-electron chi connectivity index (χ0n) is 51.4. The molecule has 0 aliphatic heterocycles. The van der Waals surface area contributed by atoms with E-state index in [-0.39, 0.29) is 31.6 Å². The first kappa shape index (κ1) is 75.7. The van der Waals surface area contributed by atoms with Crippen LogP contribution in [0.5, 0.6) is 0 Å². The summed E-state index contributed by atoms with van der Waals surface area (Å²) in [7, 11) is 0. The topological polar surface area (TPSA) is 72.8 Å². The molecule has 0 saturated heterocycles. The van der Waals surface area contributed by atoms with E-state index in [2.05, 4.69) is 257 Å². The molecule has 0 spiro atoms. The number of hydrogen-bond acceptors (Lipinski definition) is 5. The summed E-state index contributed by atoms with van der Waals surface area (Å²) in [6.07, 6.45) is 116. The Morgan fingerprint density at radius 2 is 0.488 bits per heavy atom. The Kier molecular flexibility index (Phi) is 63.7. The molecule has 0 heterocycles. The predicted molar refractivity (Wildman–Crippen MR) is 361 cm³/mol. The molecule has 0 aromatic rings. The molecule has 82 heavy (non-hydrogen) atoms. The van der Waals surface area contributed by atoms with Gasteiger partial charge in [0.05, 0.1) is 6.61 Å². The number of aliphatic hydroxyl groups is 1. The summed E-state index contributed by atoms with van der Waals surface area (Å²) >= 11 is 0. The summed E-state index contributed by atoms with van der Waals surface area (Å²) in [6.45, 7) is 3.83.